The van der Waals surface area contributed by atoms with Crippen LogP contribution in [-0.2, 0) is 22.6 Å². The highest BCUT2D eigenvalue weighted by Gasteiger charge is 2.55. The molecule has 4 nitrogen and oxygen atoms in total. The van der Waals surface area contributed by atoms with E-state index in [1.165, 1.54) is 29.7 Å². The quantitative estimate of drug-likeness (QED) is 0.831. The summed E-state index contributed by atoms with van der Waals surface area (Å²) >= 11 is 1.79. The fourth-order valence-electron chi connectivity index (χ4n) is 6.83. The molecule has 1 unspecified atom stereocenters. The molecule has 1 atom stereocenters. The molecule has 2 heterocycles. The molecule has 1 N–H and O–H groups in total. The van der Waals surface area contributed by atoms with Crippen molar-refractivity contribution in [2.45, 2.75) is 71.4 Å². The molecule has 1 aromatic heterocycles. The lowest BCUT2D eigenvalue weighted by atomic mass is 9.49. The number of carbonyl (C=O) groups excluding carboxylic acids is 2. The Kier molecular flexibility index (Phi) is 4.57. The second-order valence-corrected chi connectivity index (χ2v) is 11.3. The van der Waals surface area contributed by atoms with Crippen LogP contribution in [0.4, 0.5) is 0 Å². The molecular weight excluding hydrogens is 368 g/mol. The van der Waals surface area contributed by atoms with E-state index in [2.05, 4.69) is 30.6 Å². The van der Waals surface area contributed by atoms with Crippen LogP contribution in [0.5, 0.6) is 0 Å². The maximum Gasteiger partial charge on any atom is 0.245 e. The molecule has 152 valence electrons. The second-order valence-electron chi connectivity index (χ2n) is 10.3. The van der Waals surface area contributed by atoms with Crippen molar-refractivity contribution in [1.29, 1.82) is 0 Å². The normalized spacial score (nSPS) is 34.4. The van der Waals surface area contributed by atoms with Crippen molar-refractivity contribution in [3.8, 4) is 0 Å². The van der Waals surface area contributed by atoms with Gasteiger partial charge in [-0.1, -0.05) is 13.8 Å². The third-order valence-corrected chi connectivity index (χ3v) is 8.88. The molecule has 28 heavy (non-hydrogen) atoms. The molecule has 4 aliphatic carbocycles. The third-order valence-electron chi connectivity index (χ3n) is 7.86. The number of amides is 2. The number of thiophene rings is 1. The molecule has 5 aliphatic rings. The Morgan fingerprint density at radius 3 is 2.39 bits per heavy atom. The van der Waals surface area contributed by atoms with Crippen LogP contribution in [0.3, 0.4) is 0 Å². The van der Waals surface area contributed by atoms with E-state index in [1.54, 1.807) is 11.3 Å². The van der Waals surface area contributed by atoms with Crippen molar-refractivity contribution in [3.63, 3.8) is 0 Å². The van der Waals surface area contributed by atoms with E-state index >= 15 is 0 Å². The number of hydrogen-bond acceptors (Lipinski definition) is 3. The van der Waals surface area contributed by atoms with E-state index in [4.69, 9.17) is 0 Å². The maximum atomic E-state index is 13.5. The van der Waals surface area contributed by atoms with Gasteiger partial charge >= 0.3 is 0 Å². The fourth-order valence-corrected chi connectivity index (χ4v) is 7.72. The van der Waals surface area contributed by atoms with E-state index in [-0.39, 0.29) is 23.1 Å². The van der Waals surface area contributed by atoms with Gasteiger partial charge in [0.1, 0.15) is 6.04 Å². The van der Waals surface area contributed by atoms with Gasteiger partial charge in [-0.2, -0.15) is 0 Å². The van der Waals surface area contributed by atoms with Crippen molar-refractivity contribution < 1.29 is 9.59 Å². The van der Waals surface area contributed by atoms with Gasteiger partial charge in [-0.3, -0.25) is 9.59 Å². The SMILES string of the molecule is CC(C)C(NC(=O)C12CC3CC(CC(C3)C1)C2)C(=O)N1CCc2sccc2C1. The zero-order chi connectivity index (χ0) is 19.5. The van der Waals surface area contributed by atoms with E-state index in [9.17, 15) is 9.59 Å². The zero-order valence-corrected chi connectivity index (χ0v) is 17.9. The number of rotatable bonds is 4. The van der Waals surface area contributed by atoms with Gasteiger partial charge in [0.15, 0.2) is 0 Å². The van der Waals surface area contributed by atoms with Crippen molar-refractivity contribution in [2.75, 3.05) is 6.54 Å². The molecule has 4 fully saturated rings. The molecule has 2 amide bonds. The molecule has 0 spiro atoms. The first-order valence-corrected chi connectivity index (χ1v) is 12.0. The number of carbonyl (C=O) groups is 2. The minimum Gasteiger partial charge on any atom is -0.344 e. The Hall–Kier alpha value is -1.36. The Labute approximate surface area is 172 Å². The summed E-state index contributed by atoms with van der Waals surface area (Å²) in [6.07, 6.45) is 8.07. The third kappa shape index (κ3) is 3.10. The standard InChI is InChI=1S/C23H32N2O2S/c1-14(2)20(21(26)25-5-3-19-18(13-25)4-6-28-19)24-22(27)23-10-15-7-16(11-23)9-17(8-15)12-23/h4,6,14-17,20H,3,5,7-13H2,1-2H3,(H,24,27). The molecule has 0 aromatic carbocycles. The molecule has 4 bridgehead atoms. The molecule has 1 aromatic rings. The van der Waals surface area contributed by atoms with E-state index in [1.807, 2.05) is 4.90 Å². The average Bonchev–Trinajstić information content (AvgIpc) is 3.11. The summed E-state index contributed by atoms with van der Waals surface area (Å²) in [5.41, 5.74) is 1.09. The summed E-state index contributed by atoms with van der Waals surface area (Å²) in [5.74, 6) is 2.60. The molecule has 0 radical (unpaired) electrons. The van der Waals surface area contributed by atoms with Crippen molar-refractivity contribution in [1.82, 2.24) is 10.2 Å². The largest absolute Gasteiger partial charge is 0.344 e. The number of fused-ring (bicyclic) bond motifs is 1. The molecule has 5 heteroatoms. The Morgan fingerprint density at radius 1 is 1.14 bits per heavy atom. The first-order valence-electron chi connectivity index (χ1n) is 11.1. The van der Waals surface area contributed by atoms with E-state index < -0.39 is 6.04 Å². The molecular formula is C23H32N2O2S. The molecule has 4 saturated carbocycles. The van der Waals surface area contributed by atoms with Gasteiger partial charge in [-0.25, -0.2) is 0 Å². The lowest BCUT2D eigenvalue weighted by molar-refractivity contribution is -0.150. The minimum absolute atomic E-state index is 0.102. The van der Waals surface area contributed by atoms with Crippen LogP contribution in [-0.4, -0.2) is 29.3 Å². The van der Waals surface area contributed by atoms with Gasteiger partial charge in [-0.15, -0.1) is 11.3 Å². The first-order chi connectivity index (χ1) is 13.4. The number of nitrogens with one attached hydrogen (secondary N) is 1. The summed E-state index contributed by atoms with van der Waals surface area (Å²) in [6.45, 7) is 5.57. The summed E-state index contributed by atoms with van der Waals surface area (Å²) < 4.78 is 0. The van der Waals surface area contributed by atoms with E-state index in [0.29, 0.717) is 6.54 Å². The van der Waals surface area contributed by atoms with Crippen LogP contribution < -0.4 is 5.32 Å². The van der Waals surface area contributed by atoms with Gasteiger partial charge in [0, 0.05) is 23.4 Å². The van der Waals surface area contributed by atoms with Gasteiger partial charge < -0.3 is 10.2 Å². The van der Waals surface area contributed by atoms with Crippen LogP contribution >= 0.6 is 11.3 Å². The molecule has 6 rings (SSSR count). The monoisotopic (exact) mass is 400 g/mol. The van der Waals surface area contributed by atoms with Gasteiger partial charge in [0.05, 0.1) is 0 Å². The van der Waals surface area contributed by atoms with Crippen LogP contribution in [0.15, 0.2) is 11.4 Å². The highest BCUT2D eigenvalue weighted by Crippen LogP contribution is 2.60. The highest BCUT2D eigenvalue weighted by atomic mass is 32.1. The molecule has 1 aliphatic heterocycles. The Bertz CT molecular complexity index is 748. The minimum atomic E-state index is -0.402. The summed E-state index contributed by atoms with van der Waals surface area (Å²) in [4.78, 5) is 30.2. The van der Waals surface area contributed by atoms with Gasteiger partial charge in [-0.05, 0) is 85.6 Å². The Balaban J connectivity index is 1.31. The zero-order valence-electron chi connectivity index (χ0n) is 17.1. The van der Waals surface area contributed by atoms with Crippen molar-refractivity contribution in [2.24, 2.45) is 29.1 Å². The smallest absolute Gasteiger partial charge is 0.245 e. The average molecular weight is 401 g/mol. The second kappa shape index (κ2) is 6.86. The summed E-state index contributed by atoms with van der Waals surface area (Å²) in [6, 6.07) is 1.73. The lowest BCUT2D eigenvalue weighted by Gasteiger charge is -2.56. The van der Waals surface area contributed by atoms with E-state index in [0.717, 1.165) is 50.0 Å². The number of nitrogens with zero attached hydrogens (tertiary/aromatic N) is 1. The van der Waals surface area contributed by atoms with Crippen LogP contribution in [0, 0.1) is 29.1 Å². The summed E-state index contributed by atoms with van der Waals surface area (Å²) in [7, 11) is 0. The fraction of sp³-hybridized carbons (Fsp3) is 0.739. The highest BCUT2D eigenvalue weighted by molar-refractivity contribution is 7.10. The number of hydrogen-bond donors (Lipinski definition) is 1. The Morgan fingerprint density at radius 2 is 1.79 bits per heavy atom. The van der Waals surface area contributed by atoms with Crippen LogP contribution in [0.25, 0.3) is 0 Å². The summed E-state index contributed by atoms with van der Waals surface area (Å²) in [5, 5.41) is 5.38. The van der Waals surface area contributed by atoms with Gasteiger partial charge in [0.2, 0.25) is 11.8 Å². The topological polar surface area (TPSA) is 49.4 Å². The van der Waals surface area contributed by atoms with Crippen molar-refractivity contribution >= 4 is 23.2 Å². The lowest BCUT2D eigenvalue weighted by Crippen LogP contribution is -2.59. The maximum absolute atomic E-state index is 13.5. The van der Waals surface area contributed by atoms with Gasteiger partial charge in [0.25, 0.3) is 0 Å². The van der Waals surface area contributed by atoms with Crippen molar-refractivity contribution in [3.05, 3.63) is 21.9 Å². The van der Waals surface area contributed by atoms with Crippen LogP contribution in [0.2, 0.25) is 0 Å². The first kappa shape index (κ1) is 18.7. The molecule has 0 saturated heterocycles. The predicted molar refractivity (Wildman–Crippen MR) is 111 cm³/mol. The predicted octanol–water partition coefficient (Wildman–Crippen LogP) is 3.99. The van der Waals surface area contributed by atoms with Crippen LogP contribution in [0.1, 0.15) is 62.8 Å².